The third kappa shape index (κ3) is 3.54. The lowest BCUT2D eigenvalue weighted by Gasteiger charge is -2.36. The average Bonchev–Trinajstić information content (AvgIpc) is 2.34. The van der Waals surface area contributed by atoms with Crippen LogP contribution in [-0.2, 0) is 4.74 Å². The smallest absolute Gasteiger partial charge is 0.0785 e. The van der Waals surface area contributed by atoms with E-state index in [1.54, 1.807) is 0 Å². The summed E-state index contributed by atoms with van der Waals surface area (Å²) in [4.78, 5) is 2.63. The molecule has 0 atom stereocenters. The standard InChI is InChI=1S/C10H19NO.CH3F/c1-2-4-10(5-3-1)11-6-8-12-9-7-11;1-2/h10H,1-9H2;1H3. The Morgan fingerprint density at radius 1 is 1.00 bits per heavy atom. The summed E-state index contributed by atoms with van der Waals surface area (Å²) < 4.78 is 14.8. The summed E-state index contributed by atoms with van der Waals surface area (Å²) in [6.45, 7) is 4.25. The molecule has 14 heavy (non-hydrogen) atoms. The predicted octanol–water partition coefficient (Wildman–Crippen LogP) is 2.24. The van der Waals surface area contributed by atoms with Crippen molar-refractivity contribution in [3.63, 3.8) is 0 Å². The molecular weight excluding hydrogens is 181 g/mol. The molecule has 1 saturated carbocycles. The predicted molar refractivity (Wildman–Crippen MR) is 56.3 cm³/mol. The summed E-state index contributed by atoms with van der Waals surface area (Å²) in [5.41, 5.74) is 0. The minimum Gasteiger partial charge on any atom is -0.379 e. The molecule has 0 radical (unpaired) electrons. The highest BCUT2D eigenvalue weighted by atomic mass is 19.1. The van der Waals surface area contributed by atoms with Crippen LogP contribution in [0.5, 0.6) is 0 Å². The van der Waals surface area contributed by atoms with Crippen LogP contribution in [0.1, 0.15) is 32.1 Å². The van der Waals surface area contributed by atoms with Crippen molar-refractivity contribution in [3.8, 4) is 0 Å². The molecule has 0 amide bonds. The van der Waals surface area contributed by atoms with E-state index in [-0.39, 0.29) is 0 Å². The molecule has 0 unspecified atom stereocenters. The maximum Gasteiger partial charge on any atom is 0.0785 e. The number of hydrogen-bond donors (Lipinski definition) is 0. The number of nitrogens with zero attached hydrogens (tertiary/aromatic N) is 1. The first-order valence-corrected chi connectivity index (χ1v) is 5.66. The molecule has 0 aromatic rings. The Morgan fingerprint density at radius 3 is 2.14 bits per heavy atom. The van der Waals surface area contributed by atoms with Gasteiger partial charge >= 0.3 is 0 Å². The zero-order valence-electron chi connectivity index (χ0n) is 9.17. The van der Waals surface area contributed by atoms with E-state index >= 15 is 0 Å². The third-order valence-electron chi connectivity index (χ3n) is 3.14. The summed E-state index contributed by atoms with van der Waals surface area (Å²) in [7, 11) is 0.500. The van der Waals surface area contributed by atoms with E-state index in [0.29, 0.717) is 7.18 Å². The molecule has 0 aromatic carbocycles. The minimum absolute atomic E-state index is 0.500. The fraction of sp³-hybridized carbons (Fsp3) is 1.00. The Bertz CT molecular complexity index is 115. The van der Waals surface area contributed by atoms with Gasteiger partial charge in [-0.15, -0.1) is 0 Å². The van der Waals surface area contributed by atoms with Gasteiger partial charge in [-0.2, -0.15) is 0 Å². The van der Waals surface area contributed by atoms with E-state index in [2.05, 4.69) is 4.90 Å². The van der Waals surface area contributed by atoms with Gasteiger partial charge in [0.05, 0.1) is 20.4 Å². The average molecular weight is 203 g/mol. The van der Waals surface area contributed by atoms with Gasteiger partial charge in [-0.25, -0.2) is 0 Å². The van der Waals surface area contributed by atoms with Crippen molar-refractivity contribution in [1.29, 1.82) is 0 Å². The fourth-order valence-corrected chi connectivity index (χ4v) is 2.39. The molecule has 0 spiro atoms. The van der Waals surface area contributed by atoms with Gasteiger partial charge in [0.15, 0.2) is 0 Å². The molecule has 0 aromatic heterocycles. The Labute approximate surface area is 86.4 Å². The molecule has 2 fully saturated rings. The monoisotopic (exact) mass is 203 g/mol. The largest absolute Gasteiger partial charge is 0.379 e. The van der Waals surface area contributed by atoms with Crippen LogP contribution < -0.4 is 0 Å². The Balaban J connectivity index is 0.000000461. The highest BCUT2D eigenvalue weighted by molar-refractivity contribution is 4.76. The van der Waals surface area contributed by atoms with Gasteiger partial charge in [0.2, 0.25) is 0 Å². The topological polar surface area (TPSA) is 12.5 Å². The van der Waals surface area contributed by atoms with E-state index in [0.717, 1.165) is 19.3 Å². The van der Waals surface area contributed by atoms with Gasteiger partial charge in [0.25, 0.3) is 0 Å². The maximum atomic E-state index is 9.50. The Kier molecular flexibility index (Phi) is 6.12. The van der Waals surface area contributed by atoms with Gasteiger partial charge < -0.3 is 4.74 Å². The Hall–Kier alpha value is -0.150. The lowest BCUT2D eigenvalue weighted by Crippen LogP contribution is -2.44. The molecule has 3 heteroatoms. The van der Waals surface area contributed by atoms with Crippen molar-refractivity contribution >= 4 is 0 Å². The molecule has 1 heterocycles. The number of morpholine rings is 1. The highest BCUT2D eigenvalue weighted by Gasteiger charge is 2.22. The van der Waals surface area contributed by atoms with E-state index < -0.39 is 0 Å². The van der Waals surface area contributed by atoms with Crippen LogP contribution >= 0.6 is 0 Å². The minimum atomic E-state index is 0.500. The molecule has 0 bridgehead atoms. The maximum absolute atomic E-state index is 9.50. The SMILES string of the molecule is C1CCC(N2CCOCC2)CC1.CF. The van der Waals surface area contributed by atoms with Gasteiger partial charge in [-0.1, -0.05) is 19.3 Å². The number of rotatable bonds is 1. The number of ether oxygens (including phenoxy) is 1. The first kappa shape index (κ1) is 11.9. The van der Waals surface area contributed by atoms with Gasteiger partial charge in [-0.05, 0) is 12.8 Å². The molecule has 84 valence electrons. The van der Waals surface area contributed by atoms with Crippen molar-refractivity contribution in [2.75, 3.05) is 33.5 Å². The van der Waals surface area contributed by atoms with Crippen LogP contribution in [0.25, 0.3) is 0 Å². The molecule has 1 aliphatic carbocycles. The number of halogens is 1. The summed E-state index contributed by atoms with van der Waals surface area (Å²) in [6.07, 6.45) is 7.21. The van der Waals surface area contributed by atoms with Crippen LogP contribution in [0.15, 0.2) is 0 Å². The summed E-state index contributed by atoms with van der Waals surface area (Å²) in [6, 6.07) is 0.891. The number of alkyl halides is 1. The van der Waals surface area contributed by atoms with E-state index in [9.17, 15) is 4.39 Å². The number of hydrogen-bond acceptors (Lipinski definition) is 2. The van der Waals surface area contributed by atoms with Crippen LogP contribution in [-0.4, -0.2) is 44.4 Å². The summed E-state index contributed by atoms with van der Waals surface area (Å²) in [5, 5.41) is 0. The fourth-order valence-electron chi connectivity index (χ4n) is 2.39. The second kappa shape index (κ2) is 7.18. The van der Waals surface area contributed by atoms with Gasteiger partial charge in [0, 0.05) is 19.1 Å². The van der Waals surface area contributed by atoms with Crippen molar-refractivity contribution in [2.24, 2.45) is 0 Å². The lowest BCUT2D eigenvalue weighted by atomic mass is 9.94. The summed E-state index contributed by atoms with van der Waals surface area (Å²) in [5.74, 6) is 0. The van der Waals surface area contributed by atoms with Crippen LogP contribution in [0, 0.1) is 0 Å². The highest BCUT2D eigenvalue weighted by Crippen LogP contribution is 2.22. The van der Waals surface area contributed by atoms with Crippen molar-refractivity contribution < 1.29 is 9.13 Å². The molecule has 1 aliphatic heterocycles. The second-order valence-electron chi connectivity index (χ2n) is 3.94. The third-order valence-corrected chi connectivity index (χ3v) is 3.14. The molecule has 2 rings (SSSR count). The summed E-state index contributed by atoms with van der Waals surface area (Å²) >= 11 is 0. The lowest BCUT2D eigenvalue weighted by molar-refractivity contribution is 0.00858. The van der Waals surface area contributed by atoms with Crippen LogP contribution in [0.4, 0.5) is 4.39 Å². The quantitative estimate of drug-likeness (QED) is 0.648. The molecule has 2 aliphatic rings. The van der Waals surface area contributed by atoms with Crippen molar-refractivity contribution in [3.05, 3.63) is 0 Å². The zero-order chi connectivity index (χ0) is 10.2. The molecule has 1 saturated heterocycles. The molecular formula is C11H22FNO. The van der Waals surface area contributed by atoms with Crippen LogP contribution in [0.2, 0.25) is 0 Å². The second-order valence-corrected chi connectivity index (χ2v) is 3.94. The zero-order valence-corrected chi connectivity index (χ0v) is 9.17. The van der Waals surface area contributed by atoms with Gasteiger partial charge in [0.1, 0.15) is 0 Å². The first-order valence-electron chi connectivity index (χ1n) is 5.66. The molecule has 2 nitrogen and oxygen atoms in total. The van der Waals surface area contributed by atoms with Crippen molar-refractivity contribution in [2.45, 2.75) is 38.1 Å². The van der Waals surface area contributed by atoms with E-state index in [4.69, 9.17) is 4.74 Å². The van der Waals surface area contributed by atoms with E-state index in [1.165, 1.54) is 45.2 Å². The Morgan fingerprint density at radius 2 is 1.57 bits per heavy atom. The first-order chi connectivity index (χ1) is 6.97. The van der Waals surface area contributed by atoms with Crippen LogP contribution in [0.3, 0.4) is 0 Å². The van der Waals surface area contributed by atoms with E-state index in [1.807, 2.05) is 0 Å². The van der Waals surface area contributed by atoms with Crippen molar-refractivity contribution in [1.82, 2.24) is 4.90 Å². The normalized spacial score (nSPS) is 25.3. The van der Waals surface area contributed by atoms with Gasteiger partial charge in [-0.3, -0.25) is 9.29 Å². The molecule has 0 N–H and O–H groups in total.